The highest BCUT2D eigenvalue weighted by Gasteiger charge is 2.38. The zero-order valence-electron chi connectivity index (χ0n) is 13.9. The van der Waals surface area contributed by atoms with Crippen molar-refractivity contribution in [1.29, 1.82) is 0 Å². The van der Waals surface area contributed by atoms with Crippen LogP contribution in [0.3, 0.4) is 0 Å². The number of halogens is 1. The first-order valence-corrected chi connectivity index (χ1v) is 8.36. The Morgan fingerprint density at radius 1 is 1.29 bits per heavy atom. The van der Waals surface area contributed by atoms with E-state index < -0.39 is 18.2 Å². The number of nitrogens with zero attached hydrogens (tertiary/aromatic N) is 1. The van der Waals surface area contributed by atoms with Crippen LogP contribution in [0.15, 0.2) is 24.3 Å². The van der Waals surface area contributed by atoms with Gasteiger partial charge in [-0.1, -0.05) is 37.6 Å². The predicted octanol–water partition coefficient (Wildman–Crippen LogP) is 2.18. The molecule has 1 heterocycles. The second kappa shape index (κ2) is 8.46. The first kappa shape index (κ1) is 18.7. The molecule has 0 spiro atoms. The molecule has 7 heteroatoms. The quantitative estimate of drug-likeness (QED) is 0.701. The number of aliphatic hydroxyl groups excluding tert-OH is 1. The van der Waals surface area contributed by atoms with Crippen LogP contribution < -0.4 is 5.32 Å². The number of carbonyl (C=O) groups is 2. The van der Waals surface area contributed by atoms with Crippen molar-refractivity contribution in [2.24, 2.45) is 5.92 Å². The fourth-order valence-electron chi connectivity index (χ4n) is 2.54. The maximum atomic E-state index is 12.2. The maximum Gasteiger partial charge on any atom is 0.324 e. The van der Waals surface area contributed by atoms with Gasteiger partial charge in [0, 0.05) is 5.02 Å². The molecule has 2 atom stereocenters. The Kier molecular flexibility index (Phi) is 6.60. The lowest BCUT2D eigenvalue weighted by molar-refractivity contribution is -0.129. The summed E-state index contributed by atoms with van der Waals surface area (Å²) in [5.41, 5.74) is 0.929. The van der Waals surface area contributed by atoms with Crippen LogP contribution in [0.1, 0.15) is 25.8 Å². The fraction of sp³-hybridized carbons (Fsp3) is 0.529. The van der Waals surface area contributed by atoms with E-state index in [1.165, 1.54) is 0 Å². The number of β-amino-alcohol motifs (C(OH)–C–C–N with tert-alkyl or cyclic N) is 1. The molecule has 2 N–H and O–H groups in total. The van der Waals surface area contributed by atoms with Gasteiger partial charge >= 0.3 is 6.03 Å². The first-order chi connectivity index (χ1) is 11.4. The summed E-state index contributed by atoms with van der Waals surface area (Å²) in [7, 11) is 0. The molecule has 0 unspecified atom stereocenters. The van der Waals surface area contributed by atoms with E-state index in [1.807, 2.05) is 26.0 Å². The Morgan fingerprint density at radius 2 is 1.96 bits per heavy atom. The highest BCUT2D eigenvalue weighted by Crippen LogP contribution is 2.15. The number of nitrogens with one attached hydrogen (secondary N) is 1. The lowest BCUT2D eigenvalue weighted by Crippen LogP contribution is -2.39. The van der Waals surface area contributed by atoms with Crippen molar-refractivity contribution in [1.82, 2.24) is 10.2 Å². The molecular formula is C17H23ClN2O4. The van der Waals surface area contributed by atoms with Gasteiger partial charge in [-0.05, 0) is 30.0 Å². The van der Waals surface area contributed by atoms with Crippen molar-refractivity contribution < 1.29 is 19.4 Å². The Balaban J connectivity index is 1.77. The van der Waals surface area contributed by atoms with Gasteiger partial charge in [0.2, 0.25) is 0 Å². The summed E-state index contributed by atoms with van der Waals surface area (Å²) in [6.07, 6.45) is -0.339. The molecule has 1 aliphatic rings. The van der Waals surface area contributed by atoms with Gasteiger partial charge in [-0.15, -0.1) is 0 Å². The van der Waals surface area contributed by atoms with Crippen LogP contribution in [0, 0.1) is 5.92 Å². The molecule has 2 rings (SSSR count). The van der Waals surface area contributed by atoms with Crippen molar-refractivity contribution in [3.8, 4) is 0 Å². The van der Waals surface area contributed by atoms with Gasteiger partial charge in [-0.25, -0.2) is 4.79 Å². The molecule has 0 aromatic heterocycles. The molecule has 132 valence electrons. The number of imide groups is 1. The first-order valence-electron chi connectivity index (χ1n) is 7.99. The molecule has 3 amide bonds. The van der Waals surface area contributed by atoms with Crippen LogP contribution in [0.5, 0.6) is 0 Å². The van der Waals surface area contributed by atoms with E-state index in [9.17, 15) is 14.7 Å². The smallest absolute Gasteiger partial charge is 0.324 e. The number of hydrogen-bond acceptors (Lipinski definition) is 4. The standard InChI is InChI=1S/C17H23ClN2O4/c1-11(2)7-15-16(22)20(17(23)19-15)8-14(21)10-24-9-12-3-5-13(18)6-4-12/h3-6,11,14-15,21H,7-10H2,1-2H3,(H,19,23)/t14-,15-/m0/s1. The highest BCUT2D eigenvalue weighted by molar-refractivity contribution is 6.30. The van der Waals surface area contributed by atoms with Crippen LogP contribution in [-0.4, -0.2) is 47.2 Å². The Bertz CT molecular complexity index is 576. The summed E-state index contributed by atoms with van der Waals surface area (Å²) >= 11 is 5.81. The minimum Gasteiger partial charge on any atom is -0.389 e. The van der Waals surface area contributed by atoms with Crippen molar-refractivity contribution in [3.05, 3.63) is 34.9 Å². The van der Waals surface area contributed by atoms with E-state index in [0.717, 1.165) is 10.5 Å². The van der Waals surface area contributed by atoms with Crippen LogP contribution >= 0.6 is 11.6 Å². The highest BCUT2D eigenvalue weighted by atomic mass is 35.5. The van der Waals surface area contributed by atoms with Gasteiger partial charge in [-0.2, -0.15) is 0 Å². The third kappa shape index (κ3) is 5.19. The van der Waals surface area contributed by atoms with E-state index in [2.05, 4.69) is 5.32 Å². The van der Waals surface area contributed by atoms with Gasteiger partial charge in [0.15, 0.2) is 0 Å². The van der Waals surface area contributed by atoms with Gasteiger partial charge < -0.3 is 15.2 Å². The molecule has 0 radical (unpaired) electrons. The van der Waals surface area contributed by atoms with Gasteiger partial charge in [0.1, 0.15) is 6.04 Å². The summed E-state index contributed by atoms with van der Waals surface area (Å²) < 4.78 is 5.43. The molecule has 1 aliphatic heterocycles. The minimum atomic E-state index is -0.926. The fourth-order valence-corrected chi connectivity index (χ4v) is 2.66. The van der Waals surface area contributed by atoms with Crippen LogP contribution in [0.4, 0.5) is 4.79 Å². The second-order valence-corrected chi connectivity index (χ2v) is 6.81. The molecular weight excluding hydrogens is 332 g/mol. The van der Waals surface area contributed by atoms with Crippen LogP contribution in [-0.2, 0) is 16.1 Å². The Morgan fingerprint density at radius 3 is 2.58 bits per heavy atom. The average Bonchev–Trinajstić information content (AvgIpc) is 2.76. The van der Waals surface area contributed by atoms with Crippen molar-refractivity contribution in [2.75, 3.05) is 13.2 Å². The number of benzene rings is 1. The number of aliphatic hydroxyl groups is 1. The van der Waals surface area contributed by atoms with Crippen molar-refractivity contribution in [3.63, 3.8) is 0 Å². The van der Waals surface area contributed by atoms with Crippen molar-refractivity contribution in [2.45, 2.75) is 39.0 Å². The number of rotatable bonds is 8. The summed E-state index contributed by atoms with van der Waals surface area (Å²) in [4.78, 5) is 25.1. The molecule has 6 nitrogen and oxygen atoms in total. The van der Waals surface area contributed by atoms with E-state index in [1.54, 1.807) is 12.1 Å². The molecule has 0 bridgehead atoms. The van der Waals surface area contributed by atoms with Gasteiger partial charge in [0.05, 0.1) is 25.9 Å². The predicted molar refractivity (Wildman–Crippen MR) is 90.6 cm³/mol. The normalized spacial score (nSPS) is 19.0. The number of hydrogen-bond donors (Lipinski definition) is 2. The number of urea groups is 1. The number of ether oxygens (including phenoxy) is 1. The Labute approximate surface area is 146 Å². The number of carbonyl (C=O) groups excluding carboxylic acids is 2. The average molecular weight is 355 g/mol. The molecule has 1 fully saturated rings. The monoisotopic (exact) mass is 354 g/mol. The molecule has 1 aromatic rings. The lowest BCUT2D eigenvalue weighted by atomic mass is 10.0. The minimum absolute atomic E-state index is 0.0362. The summed E-state index contributed by atoms with van der Waals surface area (Å²) in [5.74, 6) is 0.0114. The topological polar surface area (TPSA) is 78.9 Å². The molecule has 0 saturated carbocycles. The molecule has 24 heavy (non-hydrogen) atoms. The largest absolute Gasteiger partial charge is 0.389 e. The number of amides is 3. The zero-order chi connectivity index (χ0) is 17.7. The van der Waals surface area contributed by atoms with Crippen LogP contribution in [0.2, 0.25) is 5.02 Å². The summed E-state index contributed by atoms with van der Waals surface area (Å²) in [6, 6.07) is 6.24. The zero-order valence-corrected chi connectivity index (χ0v) is 14.6. The van der Waals surface area contributed by atoms with Gasteiger partial charge in [-0.3, -0.25) is 9.69 Å². The van der Waals surface area contributed by atoms with E-state index >= 15 is 0 Å². The van der Waals surface area contributed by atoms with E-state index in [-0.39, 0.29) is 19.1 Å². The maximum absolute atomic E-state index is 12.2. The molecule has 1 aromatic carbocycles. The lowest BCUT2D eigenvalue weighted by Gasteiger charge is -2.18. The van der Waals surface area contributed by atoms with Crippen LogP contribution in [0.25, 0.3) is 0 Å². The Hall–Kier alpha value is -1.63. The van der Waals surface area contributed by atoms with E-state index in [0.29, 0.717) is 24.0 Å². The molecule has 0 aliphatic carbocycles. The van der Waals surface area contributed by atoms with E-state index in [4.69, 9.17) is 16.3 Å². The summed E-state index contributed by atoms with van der Waals surface area (Å²) in [6.45, 7) is 4.27. The third-order valence-electron chi connectivity index (χ3n) is 3.70. The SMILES string of the molecule is CC(C)C[C@@H]1NC(=O)N(C[C@H](O)COCc2ccc(Cl)cc2)C1=O. The molecule has 1 saturated heterocycles. The van der Waals surface area contributed by atoms with Crippen molar-refractivity contribution >= 4 is 23.5 Å². The third-order valence-corrected chi connectivity index (χ3v) is 3.95. The van der Waals surface area contributed by atoms with Gasteiger partial charge in [0.25, 0.3) is 5.91 Å². The second-order valence-electron chi connectivity index (χ2n) is 6.38. The summed E-state index contributed by atoms with van der Waals surface area (Å²) in [5, 5.41) is 13.3.